The molecule has 0 bridgehead atoms. The normalized spacial score (nSPS) is 11.9. The van der Waals surface area contributed by atoms with Crippen LogP contribution in [-0.2, 0) is 34.4 Å². The van der Waals surface area contributed by atoms with Gasteiger partial charge in [-0.1, -0.05) is 64.9 Å². The van der Waals surface area contributed by atoms with Crippen molar-refractivity contribution in [3.8, 4) is 0 Å². The van der Waals surface area contributed by atoms with Crippen molar-refractivity contribution in [2.75, 3.05) is 31.3 Å². The Morgan fingerprint density at radius 3 is 2.38 bits per heavy atom. The van der Waals surface area contributed by atoms with Crippen LogP contribution in [0.5, 0.6) is 0 Å². The van der Waals surface area contributed by atoms with Crippen molar-refractivity contribution in [3.63, 3.8) is 0 Å². The van der Waals surface area contributed by atoms with Crippen LogP contribution in [0.4, 0.5) is 0 Å². The topological polar surface area (TPSA) is 91.3 Å². The molecule has 32 heavy (non-hydrogen) atoms. The molecule has 2 rings (SSSR count). The summed E-state index contributed by atoms with van der Waals surface area (Å²) >= 11 is 2.80. The first-order valence-corrected chi connectivity index (χ1v) is 13.5. The van der Waals surface area contributed by atoms with Crippen LogP contribution in [0.1, 0.15) is 18.1 Å². The number of aryl methyl sites for hydroxylation is 1. The van der Waals surface area contributed by atoms with Gasteiger partial charge in [-0.25, -0.2) is 4.79 Å². The van der Waals surface area contributed by atoms with Crippen molar-refractivity contribution in [1.29, 1.82) is 0 Å². The minimum absolute atomic E-state index is 0.0450. The van der Waals surface area contributed by atoms with Gasteiger partial charge in [0.05, 0.1) is 19.8 Å². The van der Waals surface area contributed by atoms with E-state index in [4.69, 9.17) is 13.8 Å². The van der Waals surface area contributed by atoms with Gasteiger partial charge < -0.3 is 9.47 Å². The number of thioether (sulfide) groups is 2. The molecule has 2 aromatic carbocycles. The Hall–Kier alpha value is -2.01. The van der Waals surface area contributed by atoms with Crippen molar-refractivity contribution < 1.29 is 27.0 Å². The molecular weight excluding hydrogens is 470 g/mol. The number of nitrogens with zero attached hydrogens (tertiary/aromatic N) is 1. The average Bonchev–Trinajstić information content (AvgIpc) is 2.78. The highest BCUT2D eigenvalue weighted by atomic mass is 32.2. The van der Waals surface area contributed by atoms with Gasteiger partial charge >= 0.3 is 16.1 Å². The molecule has 0 fully saturated rings. The molecule has 0 aliphatic heterocycles. The van der Waals surface area contributed by atoms with Crippen LogP contribution < -0.4 is 0 Å². The van der Waals surface area contributed by atoms with Crippen LogP contribution in [0.2, 0.25) is 0 Å². The minimum atomic E-state index is -4.13. The Labute approximate surface area is 198 Å². The molecule has 0 aliphatic rings. The predicted octanol–water partition coefficient (Wildman–Crippen LogP) is 4.26. The number of carbonyl (C=O) groups is 1. The molecule has 0 radical (unpaired) electrons. The third-order valence-electron chi connectivity index (χ3n) is 3.93. The minimum Gasteiger partial charge on any atom is -0.461 e. The lowest BCUT2D eigenvalue weighted by atomic mass is 10.2. The molecule has 0 heterocycles. The Morgan fingerprint density at radius 2 is 1.69 bits per heavy atom. The molecular formula is C22H27NO6S3. The first kappa shape index (κ1) is 26.2. The zero-order chi connectivity index (χ0) is 23.2. The lowest BCUT2D eigenvalue weighted by Crippen LogP contribution is -2.17. The number of rotatable bonds is 12. The molecule has 0 aromatic heterocycles. The summed E-state index contributed by atoms with van der Waals surface area (Å²) in [5.74, 6) is 1.42. The lowest BCUT2D eigenvalue weighted by Gasteiger charge is -2.07. The largest absolute Gasteiger partial charge is 0.461 e. The maximum absolute atomic E-state index is 12.3. The van der Waals surface area contributed by atoms with Gasteiger partial charge in [-0.15, -0.1) is 0 Å². The van der Waals surface area contributed by atoms with E-state index in [2.05, 4.69) is 17.3 Å². The van der Waals surface area contributed by atoms with Gasteiger partial charge in [0.1, 0.15) is 4.90 Å². The van der Waals surface area contributed by atoms with Crippen LogP contribution >= 0.6 is 23.5 Å². The standard InChI is InChI=1S/C22H27NO6S3/c1-3-28-22(24)21(23-29-32(25,26)20-11-9-18(2)10-12-20)31-16-14-27-13-15-30-17-19-7-5-4-6-8-19/h4-12H,3,13-17H2,1-2H3/b23-21-. The summed E-state index contributed by atoms with van der Waals surface area (Å²) in [6.45, 7) is 4.58. The summed E-state index contributed by atoms with van der Waals surface area (Å²) in [7, 11) is -4.13. The van der Waals surface area contributed by atoms with Crippen molar-refractivity contribution >= 4 is 44.7 Å². The second-order valence-corrected chi connectivity index (χ2v) is 10.2. The van der Waals surface area contributed by atoms with Crippen molar-refractivity contribution in [2.45, 2.75) is 24.5 Å². The van der Waals surface area contributed by atoms with E-state index < -0.39 is 16.1 Å². The zero-order valence-electron chi connectivity index (χ0n) is 18.1. The van der Waals surface area contributed by atoms with Crippen molar-refractivity contribution in [1.82, 2.24) is 0 Å². The Bertz CT molecular complexity index is 963. The number of benzene rings is 2. The van der Waals surface area contributed by atoms with Gasteiger partial charge in [0, 0.05) is 17.3 Å². The summed E-state index contributed by atoms with van der Waals surface area (Å²) < 4.78 is 39.8. The fourth-order valence-corrected chi connectivity index (χ4v) is 4.57. The summed E-state index contributed by atoms with van der Waals surface area (Å²) in [5.41, 5.74) is 2.18. The Balaban J connectivity index is 1.77. The highest BCUT2D eigenvalue weighted by molar-refractivity contribution is 8.15. The molecule has 0 amide bonds. The molecule has 0 saturated heterocycles. The van der Waals surface area contributed by atoms with Crippen LogP contribution in [0.15, 0.2) is 64.6 Å². The van der Waals surface area contributed by atoms with Gasteiger partial charge in [-0.2, -0.15) is 20.2 Å². The van der Waals surface area contributed by atoms with Crippen molar-refractivity contribution in [3.05, 3.63) is 65.7 Å². The predicted molar refractivity (Wildman–Crippen MR) is 129 cm³/mol. The molecule has 0 spiro atoms. The third-order valence-corrected chi connectivity index (χ3v) is 6.93. The van der Waals surface area contributed by atoms with Crippen LogP contribution in [0, 0.1) is 6.92 Å². The Morgan fingerprint density at radius 1 is 1.00 bits per heavy atom. The third kappa shape index (κ3) is 9.64. The quantitative estimate of drug-likeness (QED) is 0.141. The number of hydrogen-bond donors (Lipinski definition) is 0. The lowest BCUT2D eigenvalue weighted by molar-refractivity contribution is -0.134. The van der Waals surface area contributed by atoms with E-state index in [0.29, 0.717) is 19.0 Å². The van der Waals surface area contributed by atoms with Crippen LogP contribution in [0.3, 0.4) is 0 Å². The number of esters is 1. The van der Waals surface area contributed by atoms with E-state index in [1.54, 1.807) is 30.8 Å². The molecule has 2 aromatic rings. The monoisotopic (exact) mass is 497 g/mol. The highest BCUT2D eigenvalue weighted by Gasteiger charge is 2.20. The van der Waals surface area contributed by atoms with E-state index >= 15 is 0 Å². The average molecular weight is 498 g/mol. The summed E-state index contributed by atoms with van der Waals surface area (Å²) in [4.78, 5) is 12.0. The molecule has 0 atom stereocenters. The SMILES string of the molecule is CCOC(=O)/C(=N/OS(=O)(=O)c1ccc(C)cc1)SCCOCCSCc1ccccc1. The Kier molecular flexibility index (Phi) is 11.6. The fourth-order valence-electron chi connectivity index (χ4n) is 2.33. The first-order valence-electron chi connectivity index (χ1n) is 10.00. The first-order chi connectivity index (χ1) is 15.4. The molecule has 7 nitrogen and oxygen atoms in total. The molecule has 0 aliphatic carbocycles. The maximum atomic E-state index is 12.3. The summed E-state index contributed by atoms with van der Waals surface area (Å²) in [5, 5.41) is 3.37. The molecule has 174 valence electrons. The van der Waals surface area contributed by atoms with Crippen LogP contribution in [-0.4, -0.2) is 50.8 Å². The van der Waals surface area contributed by atoms with Crippen LogP contribution in [0.25, 0.3) is 0 Å². The maximum Gasteiger partial charge on any atom is 0.367 e. The number of hydrogen-bond acceptors (Lipinski definition) is 9. The molecule has 0 saturated carbocycles. The number of ether oxygens (including phenoxy) is 2. The van der Waals surface area contributed by atoms with Gasteiger partial charge in [0.15, 0.2) is 0 Å². The smallest absolute Gasteiger partial charge is 0.367 e. The van der Waals surface area contributed by atoms with E-state index in [9.17, 15) is 13.2 Å². The van der Waals surface area contributed by atoms with E-state index in [-0.39, 0.29) is 16.5 Å². The molecule has 0 N–H and O–H groups in total. The van der Waals surface area contributed by atoms with Gasteiger partial charge in [0.25, 0.3) is 0 Å². The van der Waals surface area contributed by atoms with Crippen molar-refractivity contribution in [2.24, 2.45) is 5.16 Å². The zero-order valence-corrected chi connectivity index (χ0v) is 20.5. The van der Waals surface area contributed by atoms with E-state index in [1.807, 2.05) is 25.1 Å². The van der Waals surface area contributed by atoms with Gasteiger partial charge in [0.2, 0.25) is 5.04 Å². The summed E-state index contributed by atoms with van der Waals surface area (Å²) in [6.07, 6.45) is 0. The number of carbonyl (C=O) groups excluding carboxylic acids is 1. The van der Waals surface area contributed by atoms with Gasteiger partial charge in [-0.05, 0) is 31.5 Å². The van der Waals surface area contributed by atoms with E-state index in [0.717, 1.165) is 28.8 Å². The summed E-state index contributed by atoms with van der Waals surface area (Å²) in [6, 6.07) is 16.3. The second kappa shape index (κ2) is 14.2. The molecule has 10 heteroatoms. The fraction of sp³-hybridized carbons (Fsp3) is 0.364. The second-order valence-electron chi connectivity index (χ2n) is 6.46. The van der Waals surface area contributed by atoms with Gasteiger partial charge in [-0.3, -0.25) is 4.28 Å². The highest BCUT2D eigenvalue weighted by Crippen LogP contribution is 2.16. The molecule has 0 unspecified atom stereocenters. The van der Waals surface area contributed by atoms with E-state index in [1.165, 1.54) is 17.7 Å². The number of oxime groups is 1.